The van der Waals surface area contributed by atoms with Crippen LogP contribution in [0.2, 0.25) is 0 Å². The zero-order chi connectivity index (χ0) is 17.4. The van der Waals surface area contributed by atoms with E-state index in [0.29, 0.717) is 11.6 Å². The molecule has 0 bridgehead atoms. The van der Waals surface area contributed by atoms with Crippen molar-refractivity contribution in [3.63, 3.8) is 0 Å². The minimum Gasteiger partial charge on any atom is -0.383 e. The Morgan fingerprint density at radius 3 is 2.64 bits per heavy atom. The van der Waals surface area contributed by atoms with E-state index in [1.807, 2.05) is 25.3 Å². The van der Waals surface area contributed by atoms with Gasteiger partial charge in [0.05, 0.1) is 18.4 Å². The van der Waals surface area contributed by atoms with Gasteiger partial charge >= 0.3 is 0 Å². The molecule has 0 N–H and O–H groups in total. The second kappa shape index (κ2) is 6.72. The summed E-state index contributed by atoms with van der Waals surface area (Å²) < 4.78 is 7.19. The Balaban J connectivity index is 1.43. The fourth-order valence-electron chi connectivity index (χ4n) is 4.79. The number of ether oxygens (including phenoxy) is 1. The monoisotopic (exact) mass is 346 g/mol. The van der Waals surface area contributed by atoms with Crippen molar-refractivity contribution in [2.45, 2.75) is 50.1 Å². The fraction of sp³-hybridized carbons (Fsp3) is 0.789. The first-order chi connectivity index (χ1) is 12.1. The van der Waals surface area contributed by atoms with Crippen molar-refractivity contribution in [2.75, 3.05) is 33.4 Å². The van der Waals surface area contributed by atoms with Gasteiger partial charge in [-0.25, -0.2) is 0 Å². The molecule has 1 saturated carbocycles. The molecule has 2 aliphatic heterocycles. The normalized spacial score (nSPS) is 26.5. The van der Waals surface area contributed by atoms with Crippen LogP contribution >= 0.6 is 0 Å². The number of amides is 1. The number of piperidine rings is 1. The lowest BCUT2D eigenvalue weighted by Gasteiger charge is -2.46. The minimum atomic E-state index is 0.128. The van der Waals surface area contributed by atoms with Crippen LogP contribution in [0.15, 0.2) is 12.4 Å². The summed E-state index contributed by atoms with van der Waals surface area (Å²) in [4.78, 5) is 17.5. The van der Waals surface area contributed by atoms with Gasteiger partial charge in [-0.15, -0.1) is 0 Å². The largest absolute Gasteiger partial charge is 0.383 e. The predicted molar refractivity (Wildman–Crippen MR) is 95.4 cm³/mol. The summed E-state index contributed by atoms with van der Waals surface area (Å²) in [6.07, 6.45) is 10.9. The Hall–Kier alpha value is -1.40. The maximum atomic E-state index is 12.7. The first-order valence-corrected chi connectivity index (χ1v) is 9.65. The molecule has 1 amide bonds. The summed E-state index contributed by atoms with van der Waals surface area (Å²) in [5.41, 5.74) is 0.995. The highest BCUT2D eigenvalue weighted by atomic mass is 16.5. The lowest BCUT2D eigenvalue weighted by Crippen LogP contribution is -2.56. The van der Waals surface area contributed by atoms with E-state index in [0.717, 1.165) is 38.5 Å². The number of aryl methyl sites for hydroxylation is 1. The van der Waals surface area contributed by atoms with Gasteiger partial charge in [-0.1, -0.05) is 0 Å². The molecule has 25 heavy (non-hydrogen) atoms. The number of methoxy groups -OCH3 is 1. The van der Waals surface area contributed by atoms with E-state index < -0.39 is 0 Å². The van der Waals surface area contributed by atoms with Gasteiger partial charge in [0.25, 0.3) is 5.91 Å². The molecule has 0 unspecified atom stereocenters. The predicted octanol–water partition coefficient (Wildman–Crippen LogP) is 1.92. The van der Waals surface area contributed by atoms with Crippen molar-refractivity contribution >= 4 is 5.91 Å². The SMILES string of the molecule is COC[C@@H]1CCC2(CCN(C(=O)c3cnn(C)c3)CC2)N1CC1CC1. The summed E-state index contributed by atoms with van der Waals surface area (Å²) in [5, 5.41) is 4.13. The van der Waals surface area contributed by atoms with Crippen LogP contribution in [0.4, 0.5) is 0 Å². The van der Waals surface area contributed by atoms with Crippen LogP contribution in [-0.2, 0) is 11.8 Å². The molecule has 1 aliphatic carbocycles. The smallest absolute Gasteiger partial charge is 0.257 e. The van der Waals surface area contributed by atoms with Crippen molar-refractivity contribution in [2.24, 2.45) is 13.0 Å². The second-order valence-corrected chi connectivity index (χ2v) is 8.16. The molecule has 6 nitrogen and oxygen atoms in total. The highest BCUT2D eigenvalue weighted by Gasteiger charge is 2.49. The van der Waals surface area contributed by atoms with Crippen LogP contribution in [0.5, 0.6) is 0 Å². The highest BCUT2D eigenvalue weighted by Crippen LogP contribution is 2.44. The van der Waals surface area contributed by atoms with Gasteiger partial charge < -0.3 is 9.64 Å². The maximum Gasteiger partial charge on any atom is 0.257 e. The first-order valence-electron chi connectivity index (χ1n) is 9.65. The van der Waals surface area contributed by atoms with Crippen LogP contribution < -0.4 is 0 Å². The summed E-state index contributed by atoms with van der Waals surface area (Å²) in [6, 6.07) is 0.561. The van der Waals surface area contributed by atoms with Gasteiger partial charge in [0.15, 0.2) is 0 Å². The fourth-order valence-corrected chi connectivity index (χ4v) is 4.79. The van der Waals surface area contributed by atoms with Gasteiger partial charge in [0, 0.05) is 51.6 Å². The van der Waals surface area contributed by atoms with E-state index in [1.54, 1.807) is 10.9 Å². The quantitative estimate of drug-likeness (QED) is 0.817. The Morgan fingerprint density at radius 2 is 2.04 bits per heavy atom. The summed E-state index contributed by atoms with van der Waals surface area (Å²) in [5.74, 6) is 1.02. The first kappa shape index (κ1) is 17.0. The Kier molecular flexibility index (Phi) is 4.58. The molecule has 1 spiro atoms. The average molecular weight is 346 g/mol. The molecule has 1 aromatic heterocycles. The summed E-state index contributed by atoms with van der Waals surface area (Å²) in [7, 11) is 3.67. The zero-order valence-electron chi connectivity index (χ0n) is 15.5. The molecule has 3 fully saturated rings. The van der Waals surface area contributed by atoms with E-state index in [9.17, 15) is 4.79 Å². The molecule has 3 aliphatic rings. The molecule has 138 valence electrons. The number of carbonyl (C=O) groups is 1. The summed E-state index contributed by atoms with van der Waals surface area (Å²) in [6.45, 7) is 3.78. The van der Waals surface area contributed by atoms with Crippen LogP contribution in [0.3, 0.4) is 0 Å². The molecule has 0 radical (unpaired) electrons. The number of likely N-dealkylation sites (tertiary alicyclic amines) is 2. The molecule has 0 aromatic carbocycles. The van der Waals surface area contributed by atoms with Crippen molar-refractivity contribution in [3.05, 3.63) is 18.0 Å². The Bertz CT molecular complexity index is 617. The van der Waals surface area contributed by atoms with Crippen molar-refractivity contribution < 1.29 is 9.53 Å². The van der Waals surface area contributed by atoms with E-state index in [2.05, 4.69) is 10.00 Å². The van der Waals surface area contributed by atoms with Crippen molar-refractivity contribution in [1.29, 1.82) is 0 Å². The van der Waals surface area contributed by atoms with Gasteiger partial charge in [0.1, 0.15) is 0 Å². The van der Waals surface area contributed by atoms with Gasteiger partial charge in [-0.2, -0.15) is 5.10 Å². The lowest BCUT2D eigenvalue weighted by atomic mass is 9.84. The molecule has 1 atom stereocenters. The number of hydrogen-bond donors (Lipinski definition) is 0. The molecule has 1 aromatic rings. The molecular weight excluding hydrogens is 316 g/mol. The minimum absolute atomic E-state index is 0.128. The standard InChI is InChI=1S/C19H30N4O2/c1-21-13-16(11-20-21)18(24)22-9-7-19(8-10-22)6-5-17(14-25-2)23(19)12-15-3-4-15/h11,13,15,17H,3-10,12,14H2,1-2H3/t17-/m0/s1. The van der Waals surface area contributed by atoms with E-state index in [1.165, 1.54) is 32.2 Å². The van der Waals surface area contributed by atoms with E-state index >= 15 is 0 Å². The second-order valence-electron chi connectivity index (χ2n) is 8.16. The Morgan fingerprint density at radius 1 is 1.28 bits per heavy atom. The third kappa shape index (κ3) is 3.34. The molecule has 3 heterocycles. The number of hydrogen-bond acceptors (Lipinski definition) is 4. The third-order valence-corrected chi connectivity index (χ3v) is 6.44. The van der Waals surface area contributed by atoms with Crippen molar-refractivity contribution in [1.82, 2.24) is 19.6 Å². The number of rotatable bonds is 5. The van der Waals surface area contributed by atoms with Crippen LogP contribution in [0.1, 0.15) is 48.9 Å². The third-order valence-electron chi connectivity index (χ3n) is 6.44. The summed E-state index contributed by atoms with van der Waals surface area (Å²) >= 11 is 0. The van der Waals surface area contributed by atoms with Crippen LogP contribution in [0, 0.1) is 5.92 Å². The van der Waals surface area contributed by atoms with Gasteiger partial charge in [-0.3, -0.25) is 14.4 Å². The molecule has 2 saturated heterocycles. The number of nitrogens with zero attached hydrogens (tertiary/aromatic N) is 4. The zero-order valence-corrected chi connectivity index (χ0v) is 15.5. The average Bonchev–Trinajstić information content (AvgIpc) is 3.26. The number of carbonyl (C=O) groups excluding carboxylic acids is 1. The topological polar surface area (TPSA) is 50.6 Å². The highest BCUT2D eigenvalue weighted by molar-refractivity contribution is 5.93. The number of aromatic nitrogens is 2. The Labute approximate surface area is 150 Å². The molecule has 4 rings (SSSR count). The maximum absolute atomic E-state index is 12.7. The van der Waals surface area contributed by atoms with E-state index in [4.69, 9.17) is 4.74 Å². The van der Waals surface area contributed by atoms with E-state index in [-0.39, 0.29) is 11.4 Å². The molecule has 6 heteroatoms. The van der Waals surface area contributed by atoms with Gasteiger partial charge in [-0.05, 0) is 44.4 Å². The van der Waals surface area contributed by atoms with Gasteiger partial charge in [0.2, 0.25) is 0 Å². The lowest BCUT2D eigenvalue weighted by molar-refractivity contribution is 0.00912. The van der Waals surface area contributed by atoms with Crippen LogP contribution in [0.25, 0.3) is 0 Å². The van der Waals surface area contributed by atoms with Crippen LogP contribution in [-0.4, -0.2) is 70.4 Å². The van der Waals surface area contributed by atoms with Crippen molar-refractivity contribution in [3.8, 4) is 0 Å². The molecular formula is C19H30N4O2.